The molecule has 0 saturated carbocycles. The van der Waals surface area contributed by atoms with Crippen molar-refractivity contribution in [2.45, 2.75) is 5.03 Å². The Hall–Kier alpha value is -1.55. The minimum Gasteiger partial charge on any atom is -0.399 e. The van der Waals surface area contributed by atoms with Gasteiger partial charge in [-0.25, -0.2) is 4.98 Å². The molecular formula is C12H12N2OS. The zero-order valence-electron chi connectivity index (χ0n) is 8.96. The van der Waals surface area contributed by atoms with Crippen LogP contribution in [0.15, 0.2) is 46.7 Å². The zero-order chi connectivity index (χ0) is 11.2. The Kier molecular flexibility index (Phi) is 3.77. The van der Waals surface area contributed by atoms with Crippen LogP contribution in [0.3, 0.4) is 0 Å². The van der Waals surface area contributed by atoms with Crippen LogP contribution in [-0.4, -0.2) is 24.1 Å². The van der Waals surface area contributed by atoms with Crippen LogP contribution in [0.2, 0.25) is 0 Å². The molecule has 0 aliphatic carbocycles. The number of fused-ring (bicyclic) bond motifs is 1. The zero-order valence-corrected chi connectivity index (χ0v) is 9.78. The van der Waals surface area contributed by atoms with Gasteiger partial charge in [-0.15, -0.1) is 0 Å². The molecule has 0 aliphatic heterocycles. The lowest BCUT2D eigenvalue weighted by Gasteiger charge is -2.02. The summed E-state index contributed by atoms with van der Waals surface area (Å²) in [5.41, 5.74) is 0. The van der Waals surface area contributed by atoms with E-state index in [1.807, 2.05) is 24.4 Å². The summed E-state index contributed by atoms with van der Waals surface area (Å²) in [5, 5.41) is 7.11. The summed E-state index contributed by atoms with van der Waals surface area (Å²) in [7, 11) is 1.54. The van der Waals surface area contributed by atoms with Crippen LogP contribution in [-0.2, 0) is 4.84 Å². The van der Waals surface area contributed by atoms with Crippen molar-refractivity contribution in [1.29, 1.82) is 0 Å². The van der Waals surface area contributed by atoms with Gasteiger partial charge in [0.15, 0.2) is 0 Å². The predicted octanol–water partition coefficient (Wildman–Crippen LogP) is 2.96. The van der Waals surface area contributed by atoms with Crippen LogP contribution >= 0.6 is 11.8 Å². The maximum absolute atomic E-state index is 4.60. The molecule has 0 fully saturated rings. The number of aromatic nitrogens is 1. The van der Waals surface area contributed by atoms with E-state index in [1.54, 1.807) is 18.0 Å². The van der Waals surface area contributed by atoms with Gasteiger partial charge < -0.3 is 4.84 Å². The average Bonchev–Trinajstić information content (AvgIpc) is 2.35. The lowest BCUT2D eigenvalue weighted by molar-refractivity contribution is 0.215. The van der Waals surface area contributed by atoms with Gasteiger partial charge in [-0.3, -0.25) is 0 Å². The molecule has 3 nitrogen and oxygen atoms in total. The van der Waals surface area contributed by atoms with Crippen molar-refractivity contribution in [2.75, 3.05) is 12.9 Å². The smallest absolute Gasteiger partial charge is 0.106 e. The van der Waals surface area contributed by atoms with E-state index in [0.717, 1.165) is 10.8 Å². The largest absolute Gasteiger partial charge is 0.399 e. The van der Waals surface area contributed by atoms with E-state index in [2.05, 4.69) is 27.1 Å². The molecule has 0 spiro atoms. The highest BCUT2D eigenvalue weighted by atomic mass is 32.2. The first-order valence-electron chi connectivity index (χ1n) is 4.93. The molecule has 0 aliphatic rings. The second-order valence-electron chi connectivity index (χ2n) is 3.12. The van der Waals surface area contributed by atoms with Gasteiger partial charge in [0.1, 0.15) is 12.1 Å². The highest BCUT2D eigenvalue weighted by Crippen LogP contribution is 2.24. The van der Waals surface area contributed by atoms with Gasteiger partial charge in [0.05, 0.1) is 6.21 Å². The number of rotatable bonds is 4. The minimum absolute atomic E-state index is 0.759. The van der Waals surface area contributed by atoms with Crippen molar-refractivity contribution in [3.63, 3.8) is 0 Å². The van der Waals surface area contributed by atoms with Crippen molar-refractivity contribution in [3.05, 3.63) is 36.5 Å². The number of oxime groups is 1. The maximum Gasteiger partial charge on any atom is 0.106 e. The predicted molar refractivity (Wildman–Crippen MR) is 68.0 cm³/mol. The summed E-state index contributed by atoms with van der Waals surface area (Å²) >= 11 is 1.65. The van der Waals surface area contributed by atoms with Crippen molar-refractivity contribution in [3.8, 4) is 0 Å². The normalized spacial score (nSPS) is 11.1. The monoisotopic (exact) mass is 232 g/mol. The van der Waals surface area contributed by atoms with Crippen molar-refractivity contribution >= 4 is 28.7 Å². The average molecular weight is 232 g/mol. The third-order valence-corrected chi connectivity index (χ3v) is 3.03. The lowest BCUT2D eigenvalue weighted by Crippen LogP contribution is -1.86. The van der Waals surface area contributed by atoms with Gasteiger partial charge in [0, 0.05) is 17.3 Å². The SMILES string of the molecule is CON=CCSc1nccc2ccccc12. The molecule has 0 saturated heterocycles. The summed E-state index contributed by atoms with van der Waals surface area (Å²) in [6.07, 6.45) is 3.56. The quantitative estimate of drug-likeness (QED) is 0.462. The van der Waals surface area contributed by atoms with Crippen LogP contribution in [0.1, 0.15) is 0 Å². The molecule has 2 aromatic rings. The molecule has 0 amide bonds. The lowest BCUT2D eigenvalue weighted by atomic mass is 10.2. The summed E-state index contributed by atoms with van der Waals surface area (Å²) in [6.45, 7) is 0. The van der Waals surface area contributed by atoms with E-state index in [-0.39, 0.29) is 0 Å². The van der Waals surface area contributed by atoms with Crippen molar-refractivity contribution in [1.82, 2.24) is 4.98 Å². The molecule has 4 heteroatoms. The number of benzene rings is 1. The Morgan fingerprint density at radius 3 is 3.12 bits per heavy atom. The molecule has 16 heavy (non-hydrogen) atoms. The molecule has 0 bridgehead atoms. The summed E-state index contributed by atoms with van der Waals surface area (Å²) in [4.78, 5) is 8.97. The Bertz CT molecular complexity index is 494. The number of thioether (sulfide) groups is 1. The minimum atomic E-state index is 0.759. The first-order valence-corrected chi connectivity index (χ1v) is 5.92. The van der Waals surface area contributed by atoms with Crippen LogP contribution < -0.4 is 0 Å². The summed E-state index contributed by atoms with van der Waals surface area (Å²) in [5.74, 6) is 0.759. The van der Waals surface area contributed by atoms with E-state index < -0.39 is 0 Å². The standard InChI is InChI=1S/C12H12N2OS/c1-15-14-8-9-16-12-11-5-3-2-4-10(11)6-7-13-12/h2-8H,9H2,1H3. The Labute approximate surface area is 98.5 Å². The summed E-state index contributed by atoms with van der Waals surface area (Å²) in [6, 6.07) is 10.2. The maximum atomic E-state index is 4.60. The van der Waals surface area contributed by atoms with Crippen molar-refractivity contribution in [2.24, 2.45) is 5.16 Å². The van der Waals surface area contributed by atoms with Crippen LogP contribution in [0, 0.1) is 0 Å². The Morgan fingerprint density at radius 2 is 2.25 bits per heavy atom. The second-order valence-corrected chi connectivity index (χ2v) is 4.13. The van der Waals surface area contributed by atoms with E-state index in [0.29, 0.717) is 0 Å². The fourth-order valence-corrected chi connectivity index (χ4v) is 2.20. The molecule has 0 unspecified atom stereocenters. The topological polar surface area (TPSA) is 34.5 Å². The molecule has 82 valence electrons. The summed E-state index contributed by atoms with van der Waals surface area (Å²) < 4.78 is 0. The molecule has 1 heterocycles. The first kappa shape index (κ1) is 11.0. The number of hydrogen-bond donors (Lipinski definition) is 0. The number of pyridine rings is 1. The van der Waals surface area contributed by atoms with E-state index in [9.17, 15) is 0 Å². The molecular weight excluding hydrogens is 220 g/mol. The molecule has 0 atom stereocenters. The number of hydrogen-bond acceptors (Lipinski definition) is 4. The molecule has 0 N–H and O–H groups in total. The molecule has 1 aromatic carbocycles. The fraction of sp³-hybridized carbons (Fsp3) is 0.167. The first-order chi connectivity index (χ1) is 7.92. The van der Waals surface area contributed by atoms with Gasteiger partial charge in [-0.05, 0) is 11.5 Å². The van der Waals surface area contributed by atoms with Gasteiger partial charge >= 0.3 is 0 Å². The molecule has 1 aromatic heterocycles. The molecule has 2 rings (SSSR count). The van der Waals surface area contributed by atoms with Gasteiger partial charge in [-0.1, -0.05) is 41.2 Å². The van der Waals surface area contributed by atoms with Crippen LogP contribution in [0.25, 0.3) is 10.8 Å². The third-order valence-electron chi connectivity index (χ3n) is 2.11. The van der Waals surface area contributed by atoms with E-state index in [4.69, 9.17) is 0 Å². The second kappa shape index (κ2) is 5.51. The fourth-order valence-electron chi connectivity index (χ4n) is 1.43. The van der Waals surface area contributed by atoms with E-state index in [1.165, 1.54) is 17.9 Å². The van der Waals surface area contributed by atoms with Crippen molar-refractivity contribution < 1.29 is 4.84 Å². The Balaban J connectivity index is 2.20. The highest BCUT2D eigenvalue weighted by Gasteiger charge is 2.00. The van der Waals surface area contributed by atoms with E-state index >= 15 is 0 Å². The highest BCUT2D eigenvalue weighted by molar-refractivity contribution is 8.00. The molecule has 0 radical (unpaired) electrons. The third kappa shape index (κ3) is 2.52. The van der Waals surface area contributed by atoms with Crippen LogP contribution in [0.5, 0.6) is 0 Å². The van der Waals surface area contributed by atoms with Crippen LogP contribution in [0.4, 0.5) is 0 Å². The Morgan fingerprint density at radius 1 is 1.38 bits per heavy atom. The van der Waals surface area contributed by atoms with Gasteiger partial charge in [0.25, 0.3) is 0 Å². The van der Waals surface area contributed by atoms with Gasteiger partial charge in [-0.2, -0.15) is 0 Å². The number of nitrogens with zero attached hydrogens (tertiary/aromatic N) is 2. The van der Waals surface area contributed by atoms with Gasteiger partial charge in [0.2, 0.25) is 0 Å².